The highest BCUT2D eigenvalue weighted by Crippen LogP contribution is 2.28. The van der Waals surface area contributed by atoms with E-state index in [-0.39, 0.29) is 11.9 Å². The number of carbonyl (C=O) groups is 4. The van der Waals surface area contributed by atoms with Crippen molar-refractivity contribution in [2.24, 2.45) is 5.73 Å². The Balaban J connectivity index is 2.08. The molecule has 0 fully saturated rings. The molecule has 35 heavy (non-hydrogen) atoms. The van der Waals surface area contributed by atoms with E-state index in [0.29, 0.717) is 43.5 Å². The second-order valence-electron chi connectivity index (χ2n) is 7.82. The van der Waals surface area contributed by atoms with Crippen molar-refractivity contribution >= 4 is 46.9 Å². The number of esters is 2. The maximum absolute atomic E-state index is 12.0. The molecule has 12 heteroatoms. The van der Waals surface area contributed by atoms with Crippen LogP contribution >= 0.6 is 23.1 Å². The summed E-state index contributed by atoms with van der Waals surface area (Å²) < 4.78 is 11.4. The summed E-state index contributed by atoms with van der Waals surface area (Å²) in [7, 11) is 2.66. The first-order chi connectivity index (χ1) is 16.7. The highest BCUT2D eigenvalue weighted by atomic mass is 32.2. The van der Waals surface area contributed by atoms with E-state index in [0.717, 1.165) is 27.8 Å². The van der Waals surface area contributed by atoms with E-state index in [1.54, 1.807) is 6.07 Å². The Kier molecular flexibility index (Phi) is 11.3. The predicted octanol–water partition coefficient (Wildman–Crippen LogP) is 2.32. The molecule has 3 N–H and O–H groups in total. The van der Waals surface area contributed by atoms with E-state index in [1.807, 2.05) is 16.9 Å². The topological polar surface area (TPSA) is 143 Å². The number of nitrogens with zero attached hydrogens (tertiary/aromatic N) is 2. The molecule has 2 rings (SSSR count). The zero-order chi connectivity index (χ0) is 26.0. The van der Waals surface area contributed by atoms with E-state index in [9.17, 15) is 19.2 Å². The summed E-state index contributed by atoms with van der Waals surface area (Å²) in [5.74, 6) is -0.487. The van der Waals surface area contributed by atoms with E-state index >= 15 is 0 Å². The number of thioether (sulfide) groups is 1. The highest BCUT2D eigenvalue weighted by Gasteiger charge is 2.21. The Morgan fingerprint density at radius 1 is 1.23 bits per heavy atom. The smallest absolute Gasteiger partial charge is 0.328 e. The van der Waals surface area contributed by atoms with Gasteiger partial charge in [0, 0.05) is 36.7 Å². The summed E-state index contributed by atoms with van der Waals surface area (Å²) in [6.07, 6.45) is 2.51. The van der Waals surface area contributed by atoms with Gasteiger partial charge in [0.25, 0.3) is 5.91 Å². The van der Waals surface area contributed by atoms with Crippen molar-refractivity contribution < 1.29 is 28.7 Å². The molecule has 1 unspecified atom stereocenters. The highest BCUT2D eigenvalue weighted by molar-refractivity contribution is 7.99. The quantitative estimate of drug-likeness (QED) is 0.283. The number of carbonyl (C=O) groups excluding carboxylic acids is 4. The fraction of sp³-hybridized carbons (Fsp3) is 0.522. The molecule has 1 atom stereocenters. The van der Waals surface area contributed by atoms with Gasteiger partial charge in [0.2, 0.25) is 5.91 Å². The first-order valence-electron chi connectivity index (χ1n) is 11.1. The van der Waals surface area contributed by atoms with Gasteiger partial charge in [0.05, 0.1) is 41.9 Å². The Morgan fingerprint density at radius 2 is 1.97 bits per heavy atom. The van der Waals surface area contributed by atoms with Crippen LogP contribution < -0.4 is 11.1 Å². The number of aryl methyl sites for hydroxylation is 1. The molecule has 2 heterocycles. The Hall–Kier alpha value is -2.86. The van der Waals surface area contributed by atoms with Gasteiger partial charge >= 0.3 is 11.9 Å². The van der Waals surface area contributed by atoms with Crippen molar-refractivity contribution in [3.05, 3.63) is 27.7 Å². The van der Waals surface area contributed by atoms with Gasteiger partial charge in [0.1, 0.15) is 6.04 Å². The number of thiazole rings is 1. The summed E-state index contributed by atoms with van der Waals surface area (Å²) in [5.41, 5.74) is 8.33. The number of unbranched alkanes of at least 4 members (excludes halogenated alkanes) is 1. The number of nitrogens with one attached hydrogen (secondary N) is 1. The number of amides is 2. The maximum atomic E-state index is 12.0. The lowest BCUT2D eigenvalue weighted by Gasteiger charge is -2.16. The number of rotatable bonds is 14. The molecule has 0 aliphatic carbocycles. The minimum Gasteiger partial charge on any atom is -0.468 e. The lowest BCUT2D eigenvalue weighted by Crippen LogP contribution is -2.40. The molecule has 0 aromatic carbocycles. The normalized spacial score (nSPS) is 11.7. The fourth-order valence-corrected chi connectivity index (χ4v) is 5.25. The average Bonchev–Trinajstić information content (AvgIpc) is 3.42. The van der Waals surface area contributed by atoms with Crippen LogP contribution in [-0.4, -0.2) is 65.1 Å². The molecule has 192 valence electrons. The number of hydrogen-bond donors (Lipinski definition) is 2. The van der Waals surface area contributed by atoms with Crippen LogP contribution in [0.4, 0.5) is 0 Å². The molecule has 2 aromatic heterocycles. The first kappa shape index (κ1) is 28.4. The third-order valence-corrected chi connectivity index (χ3v) is 7.18. The molecule has 0 saturated carbocycles. The molecule has 10 nitrogen and oxygen atoms in total. The summed E-state index contributed by atoms with van der Waals surface area (Å²) >= 11 is 3.01. The van der Waals surface area contributed by atoms with Crippen LogP contribution in [0.25, 0.3) is 11.4 Å². The van der Waals surface area contributed by atoms with Gasteiger partial charge in [-0.25, -0.2) is 9.78 Å². The largest absolute Gasteiger partial charge is 0.468 e. The van der Waals surface area contributed by atoms with Crippen molar-refractivity contribution in [1.29, 1.82) is 0 Å². The van der Waals surface area contributed by atoms with Crippen molar-refractivity contribution in [1.82, 2.24) is 14.9 Å². The molecule has 2 aromatic rings. The molecular weight excluding hydrogens is 492 g/mol. The van der Waals surface area contributed by atoms with Gasteiger partial charge in [-0.3, -0.25) is 14.4 Å². The number of hydrogen-bond acceptors (Lipinski definition) is 9. The molecule has 2 amide bonds. The van der Waals surface area contributed by atoms with Gasteiger partial charge < -0.3 is 25.1 Å². The van der Waals surface area contributed by atoms with E-state index < -0.39 is 17.9 Å². The van der Waals surface area contributed by atoms with Crippen LogP contribution in [0.2, 0.25) is 0 Å². The maximum Gasteiger partial charge on any atom is 0.328 e. The summed E-state index contributed by atoms with van der Waals surface area (Å²) in [6.45, 7) is 3.79. The molecular formula is C23H32N4O6S2. The summed E-state index contributed by atoms with van der Waals surface area (Å²) in [6, 6.07) is 1.07. The molecule has 0 aliphatic rings. The zero-order valence-electron chi connectivity index (χ0n) is 20.4. The molecule has 0 spiro atoms. The standard InChI is InChI=1S/C23H32N4O6S2/c1-14-16(22(24)30)11-19(18-12-35-20(26-18)8-10-34-13-21(29)32-3)27(14)9-6-5-7-17(23(31)33-4)25-15(2)28/h11-12,17H,5-10,13H2,1-4H3,(H2,24,30)(H,25,28). The fourth-order valence-electron chi connectivity index (χ4n) is 3.57. The first-order valence-corrected chi connectivity index (χ1v) is 13.2. The lowest BCUT2D eigenvalue weighted by atomic mass is 10.1. The number of ether oxygens (including phenoxy) is 2. The van der Waals surface area contributed by atoms with Crippen molar-refractivity contribution in [3.63, 3.8) is 0 Å². The molecule has 0 radical (unpaired) electrons. The third-order valence-electron chi connectivity index (χ3n) is 5.34. The Morgan fingerprint density at radius 3 is 2.60 bits per heavy atom. The molecule has 0 aliphatic heterocycles. The van der Waals surface area contributed by atoms with Crippen LogP contribution in [-0.2, 0) is 36.8 Å². The minimum atomic E-state index is -0.693. The van der Waals surface area contributed by atoms with Crippen LogP contribution in [0.1, 0.15) is 47.2 Å². The summed E-state index contributed by atoms with van der Waals surface area (Å²) in [4.78, 5) is 51.2. The van der Waals surface area contributed by atoms with Crippen LogP contribution in [0.3, 0.4) is 0 Å². The number of aromatic nitrogens is 2. The van der Waals surface area contributed by atoms with Gasteiger partial charge in [-0.2, -0.15) is 0 Å². The molecule has 0 saturated heterocycles. The van der Waals surface area contributed by atoms with Crippen molar-refractivity contribution in [3.8, 4) is 11.4 Å². The van der Waals surface area contributed by atoms with Gasteiger partial charge in [-0.05, 0) is 32.3 Å². The minimum absolute atomic E-state index is 0.253. The monoisotopic (exact) mass is 524 g/mol. The number of methoxy groups -OCH3 is 2. The number of nitrogens with two attached hydrogens (primary N) is 1. The Labute approximate surface area is 212 Å². The van der Waals surface area contributed by atoms with Crippen molar-refractivity contribution in [2.45, 2.75) is 52.1 Å². The van der Waals surface area contributed by atoms with Crippen LogP contribution in [0.5, 0.6) is 0 Å². The lowest BCUT2D eigenvalue weighted by molar-refractivity contribution is -0.145. The SMILES string of the molecule is COC(=O)CSCCc1nc(-c2cc(C(N)=O)c(C)n2CCCCC(NC(C)=O)C(=O)OC)cs1. The Bertz CT molecular complexity index is 1050. The number of primary amides is 1. The van der Waals surface area contributed by atoms with E-state index in [1.165, 1.54) is 44.2 Å². The van der Waals surface area contributed by atoms with Crippen LogP contribution in [0.15, 0.2) is 11.4 Å². The van der Waals surface area contributed by atoms with E-state index in [2.05, 4.69) is 10.1 Å². The second-order valence-corrected chi connectivity index (χ2v) is 9.87. The van der Waals surface area contributed by atoms with E-state index in [4.69, 9.17) is 15.5 Å². The van der Waals surface area contributed by atoms with Crippen molar-refractivity contribution in [2.75, 3.05) is 25.7 Å². The van der Waals surface area contributed by atoms with Gasteiger partial charge in [-0.1, -0.05) is 0 Å². The molecule has 0 bridgehead atoms. The van der Waals surface area contributed by atoms with Crippen LogP contribution in [0, 0.1) is 6.92 Å². The third kappa shape index (κ3) is 8.39. The second kappa shape index (κ2) is 13.9. The van der Waals surface area contributed by atoms with Gasteiger partial charge in [0.15, 0.2) is 0 Å². The zero-order valence-corrected chi connectivity index (χ0v) is 22.1. The summed E-state index contributed by atoms with van der Waals surface area (Å²) in [5, 5.41) is 5.49. The average molecular weight is 525 g/mol. The predicted molar refractivity (Wildman–Crippen MR) is 135 cm³/mol. The van der Waals surface area contributed by atoms with Gasteiger partial charge in [-0.15, -0.1) is 23.1 Å².